The molecule has 0 aromatic carbocycles. The van der Waals surface area contributed by atoms with E-state index in [1.54, 1.807) is 13.8 Å². The number of carbonyl (C=O) groups excluding carboxylic acids is 4. The van der Waals surface area contributed by atoms with Gasteiger partial charge in [0, 0.05) is 6.54 Å². The molecule has 0 rings (SSSR count). The topological polar surface area (TPSA) is 258 Å². The largest absolute Gasteiger partial charge is 0.480 e. The Kier molecular flexibility index (Phi) is 12.2. The van der Waals surface area contributed by atoms with Crippen LogP contribution in [0.2, 0.25) is 0 Å². The van der Waals surface area contributed by atoms with Crippen LogP contribution >= 0.6 is 0 Å². The SMILES string of the molecule is CC(C)C(NC(=O)CNC(=O)C(N)CCCN=C(N)N)C(=O)NC(CC(N)=O)C(=O)O. The van der Waals surface area contributed by atoms with Crippen molar-refractivity contribution in [1.29, 1.82) is 0 Å². The van der Waals surface area contributed by atoms with Crippen molar-refractivity contribution in [2.24, 2.45) is 33.8 Å². The van der Waals surface area contributed by atoms with Crippen LogP contribution in [0.3, 0.4) is 0 Å². The highest BCUT2D eigenvalue weighted by molar-refractivity contribution is 5.93. The summed E-state index contributed by atoms with van der Waals surface area (Å²) in [5, 5.41) is 16.0. The molecule has 0 radical (unpaired) electrons. The Morgan fingerprint density at radius 2 is 1.61 bits per heavy atom. The fourth-order valence-corrected chi connectivity index (χ4v) is 2.37. The van der Waals surface area contributed by atoms with Crippen LogP contribution in [0.25, 0.3) is 0 Å². The van der Waals surface area contributed by atoms with Gasteiger partial charge in [0.25, 0.3) is 0 Å². The molecule has 31 heavy (non-hydrogen) atoms. The minimum Gasteiger partial charge on any atom is -0.480 e. The van der Waals surface area contributed by atoms with E-state index in [2.05, 4.69) is 20.9 Å². The molecule has 0 saturated heterocycles. The first-order valence-electron chi connectivity index (χ1n) is 9.54. The molecule has 0 saturated carbocycles. The van der Waals surface area contributed by atoms with Gasteiger partial charge in [0.15, 0.2) is 5.96 Å². The van der Waals surface area contributed by atoms with E-state index in [9.17, 15) is 24.0 Å². The number of nitrogens with one attached hydrogen (secondary N) is 3. The van der Waals surface area contributed by atoms with E-state index in [0.717, 1.165) is 0 Å². The molecule has 0 spiro atoms. The zero-order valence-electron chi connectivity index (χ0n) is 17.6. The first-order chi connectivity index (χ1) is 14.3. The molecule has 14 heteroatoms. The van der Waals surface area contributed by atoms with Crippen molar-refractivity contribution in [2.75, 3.05) is 13.1 Å². The van der Waals surface area contributed by atoms with Crippen LogP contribution in [0, 0.1) is 5.92 Å². The number of carboxylic acids is 1. The predicted molar refractivity (Wildman–Crippen MR) is 111 cm³/mol. The molecule has 0 aromatic rings. The zero-order valence-corrected chi connectivity index (χ0v) is 17.6. The van der Waals surface area contributed by atoms with E-state index in [-0.39, 0.29) is 12.4 Å². The number of aliphatic carboxylic acids is 1. The number of guanidine groups is 1. The number of rotatable bonds is 14. The number of amides is 4. The molecule has 3 atom stereocenters. The van der Waals surface area contributed by atoms with E-state index < -0.39 is 66.6 Å². The van der Waals surface area contributed by atoms with Gasteiger partial charge in [-0.15, -0.1) is 0 Å². The third-order valence-electron chi connectivity index (χ3n) is 4.01. The lowest BCUT2D eigenvalue weighted by Crippen LogP contribution is -2.56. The van der Waals surface area contributed by atoms with Gasteiger partial charge in [0.2, 0.25) is 23.6 Å². The maximum Gasteiger partial charge on any atom is 0.326 e. The quantitative estimate of drug-likeness (QED) is 0.0737. The average molecular weight is 444 g/mol. The van der Waals surface area contributed by atoms with Gasteiger partial charge in [-0.25, -0.2) is 4.79 Å². The van der Waals surface area contributed by atoms with Gasteiger partial charge in [-0.05, 0) is 18.8 Å². The minimum absolute atomic E-state index is 0.0669. The van der Waals surface area contributed by atoms with Crippen LogP contribution in [0.15, 0.2) is 4.99 Å². The molecular formula is C17H32N8O6. The molecule has 176 valence electrons. The normalized spacial score (nSPS) is 13.4. The van der Waals surface area contributed by atoms with E-state index in [1.807, 2.05) is 0 Å². The predicted octanol–water partition coefficient (Wildman–Crippen LogP) is -3.93. The summed E-state index contributed by atoms with van der Waals surface area (Å²) in [6.45, 7) is 3.11. The molecule has 0 bridgehead atoms. The van der Waals surface area contributed by atoms with E-state index in [0.29, 0.717) is 13.0 Å². The maximum atomic E-state index is 12.4. The molecule has 3 unspecified atom stereocenters. The van der Waals surface area contributed by atoms with Gasteiger partial charge in [0.1, 0.15) is 12.1 Å². The van der Waals surface area contributed by atoms with Crippen molar-refractivity contribution in [3.63, 3.8) is 0 Å². The van der Waals surface area contributed by atoms with Gasteiger partial charge >= 0.3 is 5.97 Å². The number of nitrogens with zero attached hydrogens (tertiary/aromatic N) is 1. The summed E-state index contributed by atoms with van der Waals surface area (Å²) in [4.78, 5) is 62.4. The Morgan fingerprint density at radius 3 is 2.10 bits per heavy atom. The second-order valence-corrected chi connectivity index (χ2v) is 7.13. The summed E-state index contributed by atoms with van der Waals surface area (Å²) < 4.78 is 0. The Labute approximate surface area is 179 Å². The smallest absolute Gasteiger partial charge is 0.326 e. The van der Waals surface area contributed by atoms with Crippen LogP contribution in [0.1, 0.15) is 33.1 Å². The second-order valence-electron chi connectivity index (χ2n) is 7.13. The fraction of sp³-hybridized carbons (Fsp3) is 0.647. The standard InChI is InChI=1S/C17H32N8O6/c1-8(2)13(15(29)24-10(16(30)31)6-11(19)26)25-12(27)7-23-14(28)9(18)4-3-5-22-17(20)21/h8-10,13H,3-7,18H2,1-2H3,(H2,19,26)(H,23,28)(H,24,29)(H,25,27)(H,30,31)(H4,20,21,22). The summed E-state index contributed by atoms with van der Waals surface area (Å²) in [6, 6.07) is -3.51. The van der Waals surface area contributed by atoms with Crippen LogP contribution in [0.5, 0.6) is 0 Å². The number of carbonyl (C=O) groups is 5. The molecule has 0 heterocycles. The summed E-state index contributed by atoms with van der Waals surface area (Å²) in [6.07, 6.45) is 0.152. The molecular weight excluding hydrogens is 412 g/mol. The molecule has 14 nitrogen and oxygen atoms in total. The van der Waals surface area contributed by atoms with Crippen molar-refractivity contribution < 1.29 is 29.1 Å². The molecule has 0 aliphatic heterocycles. The van der Waals surface area contributed by atoms with Crippen molar-refractivity contribution in [3.8, 4) is 0 Å². The average Bonchev–Trinajstić information content (AvgIpc) is 2.65. The van der Waals surface area contributed by atoms with Crippen molar-refractivity contribution in [1.82, 2.24) is 16.0 Å². The Hall–Kier alpha value is -3.42. The lowest BCUT2D eigenvalue weighted by molar-refractivity contribution is -0.144. The Bertz CT molecular complexity index is 692. The number of primary amides is 1. The number of hydrogen-bond donors (Lipinski definition) is 8. The maximum absolute atomic E-state index is 12.4. The van der Waals surface area contributed by atoms with Crippen molar-refractivity contribution in [2.45, 2.75) is 51.2 Å². The third-order valence-corrected chi connectivity index (χ3v) is 4.01. The van der Waals surface area contributed by atoms with E-state index in [4.69, 9.17) is 28.0 Å². The first kappa shape index (κ1) is 27.6. The van der Waals surface area contributed by atoms with Crippen LogP contribution < -0.4 is 38.9 Å². The molecule has 0 fully saturated rings. The number of nitrogens with two attached hydrogens (primary N) is 4. The molecule has 0 aliphatic rings. The number of carboxylic acid groups (broad SMARTS) is 1. The zero-order chi connectivity index (χ0) is 24.1. The lowest BCUT2D eigenvalue weighted by Gasteiger charge is -2.24. The highest BCUT2D eigenvalue weighted by atomic mass is 16.4. The first-order valence-corrected chi connectivity index (χ1v) is 9.54. The van der Waals surface area contributed by atoms with Crippen LogP contribution in [-0.2, 0) is 24.0 Å². The van der Waals surface area contributed by atoms with Crippen LogP contribution in [-0.4, -0.2) is 71.9 Å². The van der Waals surface area contributed by atoms with E-state index >= 15 is 0 Å². The number of aliphatic imine (C=N–C) groups is 1. The lowest BCUT2D eigenvalue weighted by atomic mass is 10.0. The van der Waals surface area contributed by atoms with E-state index in [1.165, 1.54) is 0 Å². The summed E-state index contributed by atoms with van der Waals surface area (Å²) in [5.41, 5.74) is 21.1. The summed E-state index contributed by atoms with van der Waals surface area (Å²) in [5.74, 6) is -4.89. The highest BCUT2D eigenvalue weighted by Crippen LogP contribution is 2.04. The minimum atomic E-state index is -1.53. The Balaban J connectivity index is 4.69. The molecule has 4 amide bonds. The Morgan fingerprint density at radius 1 is 1.00 bits per heavy atom. The van der Waals surface area contributed by atoms with Crippen LogP contribution in [0.4, 0.5) is 0 Å². The monoisotopic (exact) mass is 444 g/mol. The van der Waals surface area contributed by atoms with Gasteiger partial charge in [-0.1, -0.05) is 13.8 Å². The summed E-state index contributed by atoms with van der Waals surface area (Å²) >= 11 is 0. The van der Waals surface area contributed by atoms with Gasteiger partial charge in [-0.2, -0.15) is 0 Å². The van der Waals surface area contributed by atoms with Crippen molar-refractivity contribution >= 4 is 35.6 Å². The molecule has 0 aromatic heterocycles. The summed E-state index contributed by atoms with van der Waals surface area (Å²) in [7, 11) is 0. The fourth-order valence-electron chi connectivity index (χ4n) is 2.37. The molecule has 12 N–H and O–H groups in total. The number of hydrogen-bond acceptors (Lipinski definition) is 7. The second kappa shape index (κ2) is 13.7. The highest BCUT2D eigenvalue weighted by Gasteiger charge is 2.29. The van der Waals surface area contributed by atoms with Gasteiger partial charge < -0.3 is 44.0 Å². The van der Waals surface area contributed by atoms with Crippen molar-refractivity contribution in [3.05, 3.63) is 0 Å². The van der Waals surface area contributed by atoms with Gasteiger partial charge in [-0.3, -0.25) is 24.2 Å². The molecule has 0 aliphatic carbocycles. The third kappa shape index (κ3) is 12.0. The van der Waals surface area contributed by atoms with Gasteiger partial charge in [0.05, 0.1) is 19.0 Å².